The molecule has 5 heteroatoms. The van der Waals surface area contributed by atoms with Crippen LogP contribution in [-0.2, 0) is 11.0 Å². The van der Waals surface area contributed by atoms with Crippen molar-refractivity contribution >= 4 is 13.2 Å². The standard InChI is InChI=1S/C18H24NO3P/c1-4-14-21-17-12-8-16(9-13-17)19-23(3,20)22-18-10-6-15(5-2)7-11-18/h6-13H,4-5,14H2,1-3H3,(H,19,20)/t23-/m1/s1. The van der Waals surface area contributed by atoms with Gasteiger partial charge < -0.3 is 14.3 Å². The summed E-state index contributed by atoms with van der Waals surface area (Å²) in [5.41, 5.74) is 1.96. The Morgan fingerprint density at radius 3 is 2.13 bits per heavy atom. The second kappa shape index (κ2) is 8.07. The molecule has 2 aromatic carbocycles. The van der Waals surface area contributed by atoms with Crippen LogP contribution < -0.4 is 14.3 Å². The summed E-state index contributed by atoms with van der Waals surface area (Å²) in [5, 5.41) is 2.96. The van der Waals surface area contributed by atoms with Crippen LogP contribution in [0.1, 0.15) is 25.8 Å². The number of benzene rings is 2. The minimum atomic E-state index is -2.99. The molecule has 0 aromatic heterocycles. The predicted octanol–water partition coefficient (Wildman–Crippen LogP) is 5.35. The Hall–Kier alpha value is -1.93. The molecule has 4 nitrogen and oxygen atoms in total. The molecule has 124 valence electrons. The normalized spacial score (nSPS) is 13.2. The average Bonchev–Trinajstić information content (AvgIpc) is 2.54. The number of ether oxygens (including phenoxy) is 1. The summed E-state index contributed by atoms with van der Waals surface area (Å²) in [5.74, 6) is 1.41. The Morgan fingerprint density at radius 1 is 0.957 bits per heavy atom. The summed E-state index contributed by atoms with van der Waals surface area (Å²) >= 11 is 0. The topological polar surface area (TPSA) is 47.6 Å². The number of rotatable bonds is 8. The van der Waals surface area contributed by atoms with Gasteiger partial charge in [0.25, 0.3) is 0 Å². The average molecular weight is 333 g/mol. The van der Waals surface area contributed by atoms with Gasteiger partial charge in [0.2, 0.25) is 0 Å². The van der Waals surface area contributed by atoms with E-state index in [1.54, 1.807) is 6.66 Å². The lowest BCUT2D eigenvalue weighted by molar-refractivity contribution is 0.317. The molecule has 0 fully saturated rings. The van der Waals surface area contributed by atoms with Crippen molar-refractivity contribution in [2.45, 2.75) is 26.7 Å². The summed E-state index contributed by atoms with van der Waals surface area (Å²) in [6, 6.07) is 15.0. The molecule has 0 amide bonds. The largest absolute Gasteiger partial charge is 0.494 e. The van der Waals surface area contributed by atoms with Crippen molar-refractivity contribution < 1.29 is 13.8 Å². The van der Waals surface area contributed by atoms with E-state index in [0.29, 0.717) is 12.4 Å². The molecule has 1 N–H and O–H groups in total. The van der Waals surface area contributed by atoms with E-state index in [2.05, 4.69) is 18.9 Å². The molecular weight excluding hydrogens is 309 g/mol. The van der Waals surface area contributed by atoms with Gasteiger partial charge in [0.15, 0.2) is 0 Å². The number of nitrogens with one attached hydrogen (secondary N) is 1. The lowest BCUT2D eigenvalue weighted by Gasteiger charge is -2.18. The first-order valence-corrected chi connectivity index (χ1v) is 9.97. The lowest BCUT2D eigenvalue weighted by atomic mass is 10.2. The number of hydrogen-bond donors (Lipinski definition) is 1. The van der Waals surface area contributed by atoms with Gasteiger partial charge in [-0.05, 0) is 54.8 Å². The number of anilines is 1. The molecule has 2 aromatic rings. The molecule has 0 aliphatic heterocycles. The Kier molecular flexibility index (Phi) is 6.12. The van der Waals surface area contributed by atoms with Crippen molar-refractivity contribution in [1.29, 1.82) is 0 Å². The first-order chi connectivity index (χ1) is 11.0. The highest BCUT2D eigenvalue weighted by Crippen LogP contribution is 2.43. The van der Waals surface area contributed by atoms with Crippen molar-refractivity contribution in [2.24, 2.45) is 0 Å². The van der Waals surface area contributed by atoms with Gasteiger partial charge in [-0.1, -0.05) is 26.0 Å². The maximum absolute atomic E-state index is 12.6. The third kappa shape index (κ3) is 5.65. The van der Waals surface area contributed by atoms with E-state index in [9.17, 15) is 4.57 Å². The maximum atomic E-state index is 12.6. The number of aryl methyl sites for hydroxylation is 1. The Morgan fingerprint density at radius 2 is 1.57 bits per heavy atom. The zero-order chi connectivity index (χ0) is 16.7. The van der Waals surface area contributed by atoms with E-state index in [4.69, 9.17) is 9.26 Å². The SMILES string of the molecule is CCCOc1ccc(N[P@](C)(=O)Oc2ccc(CC)cc2)cc1. The molecule has 0 heterocycles. The Labute approximate surface area is 138 Å². The Bertz CT molecular complexity index is 653. The molecule has 0 bridgehead atoms. The first-order valence-electron chi connectivity index (χ1n) is 7.89. The highest BCUT2D eigenvalue weighted by molar-refractivity contribution is 7.60. The molecular formula is C18H24NO3P. The van der Waals surface area contributed by atoms with Gasteiger partial charge in [-0.3, -0.25) is 4.57 Å². The van der Waals surface area contributed by atoms with Crippen molar-refractivity contribution in [2.75, 3.05) is 18.4 Å². The molecule has 0 radical (unpaired) electrons. The maximum Gasteiger partial charge on any atom is 0.338 e. The van der Waals surface area contributed by atoms with Crippen molar-refractivity contribution in [3.8, 4) is 11.5 Å². The van der Waals surface area contributed by atoms with Crippen molar-refractivity contribution in [3.05, 3.63) is 54.1 Å². The monoisotopic (exact) mass is 333 g/mol. The lowest BCUT2D eigenvalue weighted by Crippen LogP contribution is -2.02. The van der Waals surface area contributed by atoms with Crippen LogP contribution in [0.25, 0.3) is 0 Å². The van der Waals surface area contributed by atoms with E-state index in [-0.39, 0.29) is 0 Å². The molecule has 0 aliphatic rings. The molecule has 0 saturated carbocycles. The van der Waals surface area contributed by atoms with E-state index in [0.717, 1.165) is 24.3 Å². The summed E-state index contributed by atoms with van der Waals surface area (Å²) in [7, 11) is -2.99. The zero-order valence-electron chi connectivity index (χ0n) is 13.9. The fraction of sp³-hybridized carbons (Fsp3) is 0.333. The van der Waals surface area contributed by atoms with Crippen LogP contribution >= 0.6 is 7.52 Å². The molecule has 0 spiro atoms. The van der Waals surface area contributed by atoms with Crippen LogP contribution in [0, 0.1) is 0 Å². The quantitative estimate of drug-likeness (QED) is 0.661. The molecule has 2 rings (SSSR count). The van der Waals surface area contributed by atoms with Crippen LogP contribution in [0.15, 0.2) is 48.5 Å². The second-order valence-electron chi connectivity index (χ2n) is 5.42. The van der Waals surface area contributed by atoms with Crippen LogP contribution in [0.2, 0.25) is 0 Å². The minimum Gasteiger partial charge on any atom is -0.494 e. The first kappa shape index (κ1) is 17.4. The third-order valence-electron chi connectivity index (χ3n) is 3.27. The van der Waals surface area contributed by atoms with Gasteiger partial charge in [-0.25, -0.2) is 0 Å². The van der Waals surface area contributed by atoms with Gasteiger partial charge in [-0.15, -0.1) is 0 Å². The van der Waals surface area contributed by atoms with Crippen molar-refractivity contribution in [3.63, 3.8) is 0 Å². The third-order valence-corrected chi connectivity index (χ3v) is 4.49. The van der Waals surface area contributed by atoms with Crippen LogP contribution in [0.5, 0.6) is 11.5 Å². The fourth-order valence-electron chi connectivity index (χ4n) is 2.09. The molecule has 23 heavy (non-hydrogen) atoms. The van der Waals surface area contributed by atoms with Gasteiger partial charge >= 0.3 is 7.52 Å². The predicted molar refractivity (Wildman–Crippen MR) is 95.8 cm³/mol. The smallest absolute Gasteiger partial charge is 0.338 e. The summed E-state index contributed by atoms with van der Waals surface area (Å²) in [4.78, 5) is 0. The fourth-order valence-corrected chi connectivity index (χ4v) is 3.28. The molecule has 0 saturated heterocycles. The summed E-state index contributed by atoms with van der Waals surface area (Å²) < 4.78 is 23.7. The van der Waals surface area contributed by atoms with Gasteiger partial charge in [0.05, 0.1) is 6.61 Å². The van der Waals surface area contributed by atoms with Crippen LogP contribution in [0.4, 0.5) is 5.69 Å². The zero-order valence-corrected chi connectivity index (χ0v) is 14.8. The van der Waals surface area contributed by atoms with Gasteiger partial charge in [-0.2, -0.15) is 0 Å². The van der Waals surface area contributed by atoms with E-state index in [1.807, 2.05) is 48.5 Å². The minimum absolute atomic E-state index is 0.600. The molecule has 0 unspecified atom stereocenters. The highest BCUT2D eigenvalue weighted by atomic mass is 31.2. The van der Waals surface area contributed by atoms with E-state index in [1.165, 1.54) is 5.56 Å². The molecule has 1 atom stereocenters. The van der Waals surface area contributed by atoms with Gasteiger partial charge in [0.1, 0.15) is 11.5 Å². The number of hydrogen-bond acceptors (Lipinski definition) is 3. The van der Waals surface area contributed by atoms with Crippen LogP contribution in [-0.4, -0.2) is 13.3 Å². The summed E-state index contributed by atoms with van der Waals surface area (Å²) in [6.07, 6.45) is 1.93. The summed E-state index contributed by atoms with van der Waals surface area (Å²) in [6.45, 7) is 6.42. The van der Waals surface area contributed by atoms with Crippen molar-refractivity contribution in [1.82, 2.24) is 0 Å². The molecule has 0 aliphatic carbocycles. The Balaban J connectivity index is 1.97. The van der Waals surface area contributed by atoms with Crippen LogP contribution in [0.3, 0.4) is 0 Å². The van der Waals surface area contributed by atoms with Gasteiger partial charge in [0, 0.05) is 12.4 Å². The van der Waals surface area contributed by atoms with E-state index >= 15 is 0 Å². The highest BCUT2D eigenvalue weighted by Gasteiger charge is 2.17. The van der Waals surface area contributed by atoms with E-state index < -0.39 is 7.52 Å². The second-order valence-corrected chi connectivity index (χ2v) is 7.52.